The SMILES string of the molecule is Cc1ccc(OC(C)(C)C(=O)NCCN2CCCC[C@H]2CO)cc1. The minimum atomic E-state index is -0.923. The Labute approximate surface area is 145 Å². The highest BCUT2D eigenvalue weighted by Gasteiger charge is 2.30. The Morgan fingerprint density at radius 2 is 2.04 bits per heavy atom. The minimum absolute atomic E-state index is 0.124. The molecular weight excluding hydrogens is 304 g/mol. The van der Waals surface area contributed by atoms with Gasteiger partial charge in [-0.15, -0.1) is 0 Å². The number of ether oxygens (including phenoxy) is 1. The van der Waals surface area contributed by atoms with Crippen LogP contribution in [-0.2, 0) is 4.79 Å². The number of carbonyl (C=O) groups is 1. The highest BCUT2D eigenvalue weighted by atomic mass is 16.5. The van der Waals surface area contributed by atoms with Crippen molar-refractivity contribution < 1.29 is 14.6 Å². The smallest absolute Gasteiger partial charge is 0.263 e. The summed E-state index contributed by atoms with van der Waals surface area (Å²) in [5.74, 6) is 0.567. The highest BCUT2D eigenvalue weighted by Crippen LogP contribution is 2.19. The first kappa shape index (κ1) is 18.7. The lowest BCUT2D eigenvalue weighted by Crippen LogP contribution is -2.50. The van der Waals surface area contributed by atoms with Crippen molar-refractivity contribution in [3.63, 3.8) is 0 Å². The highest BCUT2D eigenvalue weighted by molar-refractivity contribution is 5.84. The largest absolute Gasteiger partial charge is 0.478 e. The summed E-state index contributed by atoms with van der Waals surface area (Å²) in [4.78, 5) is 14.7. The van der Waals surface area contributed by atoms with Crippen molar-refractivity contribution in [3.05, 3.63) is 29.8 Å². The first-order valence-corrected chi connectivity index (χ1v) is 8.81. The van der Waals surface area contributed by atoms with Crippen LogP contribution in [0.5, 0.6) is 5.75 Å². The van der Waals surface area contributed by atoms with E-state index in [1.807, 2.05) is 31.2 Å². The van der Waals surface area contributed by atoms with E-state index in [4.69, 9.17) is 4.74 Å². The van der Waals surface area contributed by atoms with E-state index in [1.165, 1.54) is 6.42 Å². The summed E-state index contributed by atoms with van der Waals surface area (Å²) >= 11 is 0. The normalized spacial score (nSPS) is 19.1. The Kier molecular flexibility index (Phi) is 6.63. The van der Waals surface area contributed by atoms with Crippen LogP contribution in [0, 0.1) is 6.92 Å². The number of hydrogen-bond donors (Lipinski definition) is 2. The molecular formula is C19H30N2O3. The van der Waals surface area contributed by atoms with Crippen LogP contribution >= 0.6 is 0 Å². The second-order valence-electron chi connectivity index (χ2n) is 7.05. The molecule has 0 aromatic heterocycles. The molecule has 0 bridgehead atoms. The number of aryl methyl sites for hydroxylation is 1. The molecule has 1 aromatic carbocycles. The van der Waals surface area contributed by atoms with Gasteiger partial charge in [0.25, 0.3) is 5.91 Å². The molecule has 0 spiro atoms. The molecule has 5 nitrogen and oxygen atoms in total. The van der Waals surface area contributed by atoms with E-state index in [1.54, 1.807) is 13.8 Å². The molecule has 1 saturated heterocycles. The molecule has 1 heterocycles. The van der Waals surface area contributed by atoms with Gasteiger partial charge in [-0.05, 0) is 52.3 Å². The molecule has 1 amide bonds. The Morgan fingerprint density at radius 3 is 2.71 bits per heavy atom. The zero-order valence-electron chi connectivity index (χ0n) is 15.0. The van der Waals surface area contributed by atoms with Gasteiger partial charge < -0.3 is 15.2 Å². The fraction of sp³-hybridized carbons (Fsp3) is 0.632. The number of likely N-dealkylation sites (tertiary alicyclic amines) is 1. The first-order valence-electron chi connectivity index (χ1n) is 8.81. The zero-order valence-corrected chi connectivity index (χ0v) is 15.0. The summed E-state index contributed by atoms with van der Waals surface area (Å²) < 4.78 is 5.84. The molecule has 5 heteroatoms. The predicted octanol–water partition coefficient (Wildman–Crippen LogP) is 2.12. The fourth-order valence-electron chi connectivity index (χ4n) is 3.03. The van der Waals surface area contributed by atoms with Crippen molar-refractivity contribution in [2.24, 2.45) is 0 Å². The quantitative estimate of drug-likeness (QED) is 0.802. The molecule has 24 heavy (non-hydrogen) atoms. The van der Waals surface area contributed by atoms with Gasteiger partial charge in [0.05, 0.1) is 6.61 Å². The van der Waals surface area contributed by atoms with E-state index < -0.39 is 5.60 Å². The van der Waals surface area contributed by atoms with E-state index in [2.05, 4.69) is 10.2 Å². The Balaban J connectivity index is 1.80. The number of carbonyl (C=O) groups excluding carboxylic acids is 1. The number of benzene rings is 1. The molecule has 1 aliphatic heterocycles. The Bertz CT molecular complexity index is 528. The van der Waals surface area contributed by atoms with Gasteiger partial charge in [-0.2, -0.15) is 0 Å². The van der Waals surface area contributed by atoms with Crippen molar-refractivity contribution in [2.45, 2.75) is 51.7 Å². The molecule has 0 saturated carbocycles. The van der Waals surface area contributed by atoms with Crippen molar-refractivity contribution >= 4 is 5.91 Å². The van der Waals surface area contributed by atoms with Crippen LogP contribution in [0.3, 0.4) is 0 Å². The summed E-state index contributed by atoms with van der Waals surface area (Å²) in [6.07, 6.45) is 3.37. The summed E-state index contributed by atoms with van der Waals surface area (Å²) in [6, 6.07) is 7.92. The first-order chi connectivity index (χ1) is 11.4. The number of nitrogens with zero attached hydrogens (tertiary/aromatic N) is 1. The zero-order chi connectivity index (χ0) is 17.6. The van der Waals surface area contributed by atoms with Crippen LogP contribution in [-0.4, -0.2) is 53.8 Å². The van der Waals surface area contributed by atoms with E-state index in [-0.39, 0.29) is 18.6 Å². The van der Waals surface area contributed by atoms with Crippen molar-refractivity contribution in [1.82, 2.24) is 10.2 Å². The second kappa shape index (κ2) is 8.49. The fourth-order valence-corrected chi connectivity index (χ4v) is 3.03. The van der Waals surface area contributed by atoms with Gasteiger partial charge >= 0.3 is 0 Å². The molecule has 0 aliphatic carbocycles. The maximum absolute atomic E-state index is 12.4. The maximum atomic E-state index is 12.4. The van der Waals surface area contributed by atoms with E-state index in [0.717, 1.165) is 31.5 Å². The standard InChI is InChI=1S/C19H30N2O3/c1-15-7-9-17(10-8-15)24-19(2,3)18(23)20-11-13-21-12-5-4-6-16(21)14-22/h7-10,16,22H,4-6,11-14H2,1-3H3,(H,20,23)/t16-/m0/s1. The molecule has 2 rings (SSSR count). The third-order valence-electron chi connectivity index (χ3n) is 4.59. The molecule has 1 atom stereocenters. The average Bonchev–Trinajstić information content (AvgIpc) is 2.57. The van der Waals surface area contributed by atoms with Gasteiger partial charge in [0.15, 0.2) is 5.60 Å². The van der Waals surface area contributed by atoms with Gasteiger partial charge in [-0.3, -0.25) is 9.69 Å². The summed E-state index contributed by atoms with van der Waals surface area (Å²) in [5, 5.41) is 12.4. The van der Waals surface area contributed by atoms with E-state index in [0.29, 0.717) is 12.3 Å². The maximum Gasteiger partial charge on any atom is 0.263 e. The van der Waals surface area contributed by atoms with Crippen molar-refractivity contribution in [1.29, 1.82) is 0 Å². The van der Waals surface area contributed by atoms with E-state index >= 15 is 0 Å². The summed E-state index contributed by atoms with van der Waals surface area (Å²) in [7, 11) is 0. The van der Waals surface area contributed by atoms with Crippen LogP contribution < -0.4 is 10.1 Å². The van der Waals surface area contributed by atoms with Gasteiger partial charge in [0.1, 0.15) is 5.75 Å². The van der Waals surface area contributed by atoms with Crippen molar-refractivity contribution in [2.75, 3.05) is 26.2 Å². The monoisotopic (exact) mass is 334 g/mol. The number of piperidine rings is 1. The van der Waals surface area contributed by atoms with Crippen LogP contribution in [0.25, 0.3) is 0 Å². The van der Waals surface area contributed by atoms with Gasteiger partial charge in [-0.25, -0.2) is 0 Å². The molecule has 1 fully saturated rings. The number of amides is 1. The van der Waals surface area contributed by atoms with Crippen LogP contribution in [0.1, 0.15) is 38.7 Å². The summed E-state index contributed by atoms with van der Waals surface area (Å²) in [6.45, 7) is 8.08. The predicted molar refractivity (Wildman–Crippen MR) is 95.2 cm³/mol. The lowest BCUT2D eigenvalue weighted by atomic mass is 10.0. The van der Waals surface area contributed by atoms with Gasteiger partial charge in [0, 0.05) is 19.1 Å². The molecule has 134 valence electrons. The topological polar surface area (TPSA) is 61.8 Å². The Hall–Kier alpha value is -1.59. The van der Waals surface area contributed by atoms with Gasteiger partial charge in [-0.1, -0.05) is 24.1 Å². The van der Waals surface area contributed by atoms with Crippen molar-refractivity contribution in [3.8, 4) is 5.75 Å². The lowest BCUT2D eigenvalue weighted by molar-refractivity contribution is -0.134. The van der Waals surface area contributed by atoms with Crippen LogP contribution in [0.2, 0.25) is 0 Å². The lowest BCUT2D eigenvalue weighted by Gasteiger charge is -2.34. The number of aliphatic hydroxyl groups excluding tert-OH is 1. The van der Waals surface area contributed by atoms with Crippen LogP contribution in [0.4, 0.5) is 0 Å². The molecule has 2 N–H and O–H groups in total. The second-order valence-corrected chi connectivity index (χ2v) is 7.05. The third kappa shape index (κ3) is 5.21. The number of nitrogens with one attached hydrogen (secondary N) is 1. The number of aliphatic hydroxyl groups is 1. The number of rotatable bonds is 7. The van der Waals surface area contributed by atoms with Crippen LogP contribution in [0.15, 0.2) is 24.3 Å². The minimum Gasteiger partial charge on any atom is -0.478 e. The average molecular weight is 334 g/mol. The van der Waals surface area contributed by atoms with E-state index in [9.17, 15) is 9.90 Å². The Morgan fingerprint density at radius 1 is 1.33 bits per heavy atom. The molecule has 0 unspecified atom stereocenters. The molecule has 1 aliphatic rings. The molecule has 1 aromatic rings. The van der Waals surface area contributed by atoms with Gasteiger partial charge in [0.2, 0.25) is 0 Å². The molecule has 0 radical (unpaired) electrons. The third-order valence-corrected chi connectivity index (χ3v) is 4.59. The number of hydrogen-bond acceptors (Lipinski definition) is 4. The summed E-state index contributed by atoms with van der Waals surface area (Å²) in [5.41, 5.74) is 0.234.